The summed E-state index contributed by atoms with van der Waals surface area (Å²) in [7, 11) is 0. The highest BCUT2D eigenvalue weighted by Crippen LogP contribution is 2.34. The third-order valence-electron chi connectivity index (χ3n) is 7.73. The summed E-state index contributed by atoms with van der Waals surface area (Å²) in [6.07, 6.45) is 0. The summed E-state index contributed by atoms with van der Waals surface area (Å²) in [5.74, 6) is 1.77. The molecule has 0 saturated carbocycles. The SMILES string of the molecule is [2H]c1c([2H])c([2H])c2c(c1[2H])c1c([2H])c([2H])c([2H])c([2H])c1n2-c1cccc(-c2nc3cc(-c4nc(-c5ccccc5)nc(-c5ccccc5)n4)ccc3o2)c1. The first kappa shape index (κ1) is 19.1. The lowest BCUT2D eigenvalue weighted by Crippen LogP contribution is -2.00. The van der Waals surface area contributed by atoms with Gasteiger partial charge in [0.2, 0.25) is 5.89 Å². The van der Waals surface area contributed by atoms with Crippen LogP contribution in [0.4, 0.5) is 0 Å². The van der Waals surface area contributed by atoms with Crippen molar-refractivity contribution < 1.29 is 15.4 Å². The molecule has 3 heterocycles. The Balaban J connectivity index is 1.19. The van der Waals surface area contributed by atoms with E-state index < -0.39 is 36.3 Å². The number of oxazole rings is 1. The molecule has 0 unspecified atom stereocenters. The Kier molecular flexibility index (Phi) is 4.42. The maximum absolute atomic E-state index is 8.83. The Morgan fingerprint density at radius 1 is 0.500 bits per heavy atom. The number of benzene rings is 6. The smallest absolute Gasteiger partial charge is 0.227 e. The molecular formula is C40H25N5O. The van der Waals surface area contributed by atoms with Gasteiger partial charge in [-0.2, -0.15) is 0 Å². The maximum Gasteiger partial charge on any atom is 0.227 e. The van der Waals surface area contributed by atoms with E-state index in [2.05, 4.69) is 0 Å². The van der Waals surface area contributed by atoms with Gasteiger partial charge in [0.25, 0.3) is 0 Å². The highest BCUT2D eigenvalue weighted by atomic mass is 16.3. The summed E-state index contributed by atoms with van der Waals surface area (Å²) in [6.45, 7) is 0. The molecular weight excluding hydrogens is 566 g/mol. The van der Waals surface area contributed by atoms with E-state index in [1.54, 1.807) is 30.3 Å². The predicted octanol–water partition coefficient (Wildman–Crippen LogP) is 9.78. The lowest BCUT2D eigenvalue weighted by molar-refractivity contribution is 0.620. The van der Waals surface area contributed by atoms with Crippen molar-refractivity contribution in [3.63, 3.8) is 0 Å². The molecule has 46 heavy (non-hydrogen) atoms. The highest BCUT2D eigenvalue weighted by Gasteiger charge is 2.16. The van der Waals surface area contributed by atoms with Gasteiger partial charge < -0.3 is 8.98 Å². The van der Waals surface area contributed by atoms with E-state index in [0.29, 0.717) is 45.4 Å². The molecule has 9 rings (SSSR count). The van der Waals surface area contributed by atoms with Crippen LogP contribution in [0.2, 0.25) is 0 Å². The minimum absolute atomic E-state index is 0.00645. The van der Waals surface area contributed by atoms with Gasteiger partial charge in [-0.15, -0.1) is 0 Å². The molecule has 9 aromatic rings. The van der Waals surface area contributed by atoms with Crippen molar-refractivity contribution in [1.29, 1.82) is 0 Å². The lowest BCUT2D eigenvalue weighted by atomic mass is 10.1. The number of para-hydroxylation sites is 2. The third kappa shape index (κ3) is 4.43. The fourth-order valence-electron chi connectivity index (χ4n) is 5.58. The van der Waals surface area contributed by atoms with Gasteiger partial charge in [0.15, 0.2) is 23.1 Å². The van der Waals surface area contributed by atoms with Crippen LogP contribution in [0.3, 0.4) is 0 Å². The fraction of sp³-hybridized carbons (Fsp3) is 0. The minimum Gasteiger partial charge on any atom is -0.436 e. The van der Waals surface area contributed by atoms with Crippen molar-refractivity contribution in [2.24, 2.45) is 0 Å². The zero-order valence-corrected chi connectivity index (χ0v) is 24.0. The number of aromatic nitrogens is 5. The molecule has 3 aromatic heterocycles. The van der Waals surface area contributed by atoms with Crippen LogP contribution in [0.25, 0.3) is 84.2 Å². The van der Waals surface area contributed by atoms with Crippen molar-refractivity contribution >= 4 is 32.9 Å². The zero-order chi connectivity index (χ0) is 37.4. The van der Waals surface area contributed by atoms with Crippen molar-refractivity contribution in [3.05, 3.63) is 151 Å². The molecule has 0 aliphatic heterocycles. The molecule has 0 fully saturated rings. The number of hydrogen-bond acceptors (Lipinski definition) is 5. The summed E-state index contributed by atoms with van der Waals surface area (Å²) in [5, 5.41) is 0.0129. The zero-order valence-electron chi connectivity index (χ0n) is 32.0. The van der Waals surface area contributed by atoms with Gasteiger partial charge in [-0.3, -0.25) is 0 Å². The largest absolute Gasteiger partial charge is 0.436 e. The van der Waals surface area contributed by atoms with Crippen LogP contribution in [-0.2, 0) is 0 Å². The summed E-state index contributed by atoms with van der Waals surface area (Å²) in [5.41, 5.74) is 4.40. The van der Waals surface area contributed by atoms with Gasteiger partial charge in [-0.1, -0.05) is 103 Å². The Hall–Kier alpha value is -6.40. The number of rotatable bonds is 5. The first-order chi connectivity index (χ1) is 26.1. The van der Waals surface area contributed by atoms with Crippen LogP contribution < -0.4 is 0 Å². The van der Waals surface area contributed by atoms with Crippen molar-refractivity contribution in [1.82, 2.24) is 24.5 Å². The molecule has 0 aliphatic carbocycles. The van der Waals surface area contributed by atoms with Gasteiger partial charge in [0.05, 0.1) is 22.0 Å². The number of fused-ring (bicyclic) bond motifs is 4. The number of nitrogens with zero attached hydrogens (tertiary/aromatic N) is 5. The third-order valence-corrected chi connectivity index (χ3v) is 7.73. The summed E-state index contributed by atoms with van der Waals surface area (Å²) >= 11 is 0. The Morgan fingerprint density at radius 2 is 1.07 bits per heavy atom. The molecule has 0 amide bonds. The second-order valence-electron chi connectivity index (χ2n) is 10.6. The summed E-state index contributed by atoms with van der Waals surface area (Å²) < 4.78 is 76.2. The van der Waals surface area contributed by atoms with Gasteiger partial charge in [0, 0.05) is 38.7 Å². The normalized spacial score (nSPS) is 13.9. The van der Waals surface area contributed by atoms with E-state index in [0.717, 1.165) is 11.1 Å². The molecule has 6 aromatic carbocycles. The maximum atomic E-state index is 8.83. The van der Waals surface area contributed by atoms with Gasteiger partial charge in [-0.05, 0) is 48.5 Å². The average Bonchev–Trinajstić information content (AvgIpc) is 3.81. The standard InChI is InChI=1S/C40H25N5O/c1-3-12-26(13-4-1)37-42-38(27-14-5-2-6-15-27)44-39(43-37)28-22-23-36-33(25-28)41-40(46-36)29-16-11-17-30(24-29)45-34-20-9-7-18-31(34)32-19-8-10-21-35(32)45/h1-25H/i7D,8D,9D,10D,18D,19D,20D,21D. The van der Waals surface area contributed by atoms with Crippen molar-refractivity contribution in [2.75, 3.05) is 0 Å². The van der Waals surface area contributed by atoms with Gasteiger partial charge in [0.1, 0.15) is 5.52 Å². The Morgan fingerprint density at radius 3 is 1.70 bits per heavy atom. The van der Waals surface area contributed by atoms with Crippen LogP contribution >= 0.6 is 0 Å². The molecule has 0 spiro atoms. The second-order valence-corrected chi connectivity index (χ2v) is 10.6. The monoisotopic (exact) mass is 599 g/mol. The lowest BCUT2D eigenvalue weighted by Gasteiger charge is -2.08. The molecule has 6 heteroatoms. The number of hydrogen-bond donors (Lipinski definition) is 0. The van der Waals surface area contributed by atoms with Crippen LogP contribution in [0.15, 0.2) is 156 Å². The first-order valence-corrected chi connectivity index (χ1v) is 14.5. The minimum atomic E-state index is -0.497. The molecule has 0 bridgehead atoms. The quantitative estimate of drug-likeness (QED) is 0.197. The Bertz CT molecular complexity index is 2850. The topological polar surface area (TPSA) is 69.6 Å². The molecule has 0 saturated heterocycles. The van der Waals surface area contributed by atoms with E-state index in [-0.39, 0.29) is 39.8 Å². The molecule has 216 valence electrons. The van der Waals surface area contributed by atoms with Crippen molar-refractivity contribution in [3.8, 4) is 51.3 Å². The average molecular weight is 600 g/mol. The van der Waals surface area contributed by atoms with Crippen LogP contribution in [0.1, 0.15) is 11.0 Å². The van der Waals surface area contributed by atoms with Crippen molar-refractivity contribution in [2.45, 2.75) is 0 Å². The molecule has 6 nitrogen and oxygen atoms in total. The highest BCUT2D eigenvalue weighted by molar-refractivity contribution is 6.09. The first-order valence-electron chi connectivity index (χ1n) is 18.5. The Labute approximate surface area is 275 Å². The van der Waals surface area contributed by atoms with Crippen LogP contribution in [-0.4, -0.2) is 24.5 Å². The van der Waals surface area contributed by atoms with E-state index in [4.69, 9.17) is 35.3 Å². The molecule has 0 radical (unpaired) electrons. The molecule has 0 N–H and O–H groups in total. The van der Waals surface area contributed by atoms with E-state index >= 15 is 0 Å². The van der Waals surface area contributed by atoms with E-state index in [1.807, 2.05) is 72.8 Å². The second kappa shape index (κ2) is 10.6. The molecule has 0 atom stereocenters. The van der Waals surface area contributed by atoms with Gasteiger partial charge in [-0.25, -0.2) is 19.9 Å². The predicted molar refractivity (Wildman–Crippen MR) is 183 cm³/mol. The van der Waals surface area contributed by atoms with Gasteiger partial charge >= 0.3 is 0 Å². The van der Waals surface area contributed by atoms with E-state index in [1.165, 1.54) is 4.57 Å². The fourth-order valence-corrected chi connectivity index (χ4v) is 5.58. The molecule has 0 aliphatic rings. The van der Waals surface area contributed by atoms with Crippen LogP contribution in [0.5, 0.6) is 0 Å². The summed E-state index contributed by atoms with van der Waals surface area (Å²) in [6, 6.07) is 28.2. The van der Waals surface area contributed by atoms with E-state index in [9.17, 15) is 0 Å². The summed E-state index contributed by atoms with van der Waals surface area (Å²) in [4.78, 5) is 19.2. The van der Waals surface area contributed by atoms with Crippen LogP contribution in [0, 0.1) is 0 Å².